The summed E-state index contributed by atoms with van der Waals surface area (Å²) in [4.78, 5) is 4.21. The van der Waals surface area contributed by atoms with Crippen molar-refractivity contribution in [2.75, 3.05) is 11.9 Å². The van der Waals surface area contributed by atoms with E-state index in [0.717, 1.165) is 0 Å². The number of rotatable bonds is 0. The van der Waals surface area contributed by atoms with Gasteiger partial charge in [-0.05, 0) is 26.3 Å². The Labute approximate surface area is 87.9 Å². The molecule has 0 radical (unpaired) electrons. The lowest BCUT2D eigenvalue weighted by Crippen LogP contribution is -2.18. The van der Waals surface area contributed by atoms with Crippen molar-refractivity contribution in [2.45, 2.75) is 26.4 Å². The number of halogens is 1. The number of aromatic nitrogens is 1. The molecule has 0 bridgehead atoms. The number of aryl methyl sites for hydroxylation is 1. The van der Waals surface area contributed by atoms with Gasteiger partial charge < -0.3 is 5.32 Å². The minimum absolute atomic E-state index is 0.227. The molecule has 0 saturated carbocycles. The summed E-state index contributed by atoms with van der Waals surface area (Å²) in [5.41, 5.74) is 0.950. The van der Waals surface area contributed by atoms with E-state index in [1.165, 1.54) is 6.92 Å². The molecular formula is C11H12FN3. The standard InChI is InChI=1S/C11H12FN3/c1-6-8(4-13)7(2)15-10-9(6)11(3,12)5-14-10/h5H2,1-3H3,(H,14,15). The first-order chi connectivity index (χ1) is 6.97. The fourth-order valence-corrected chi connectivity index (χ4v) is 2.12. The van der Waals surface area contributed by atoms with Gasteiger partial charge in [0.1, 0.15) is 11.9 Å². The zero-order valence-corrected chi connectivity index (χ0v) is 8.98. The molecule has 0 aromatic carbocycles. The Morgan fingerprint density at radius 1 is 1.53 bits per heavy atom. The van der Waals surface area contributed by atoms with Crippen molar-refractivity contribution in [3.8, 4) is 6.07 Å². The Kier molecular flexibility index (Phi) is 1.93. The van der Waals surface area contributed by atoms with Crippen LogP contribution in [0.5, 0.6) is 0 Å². The molecule has 1 atom stereocenters. The van der Waals surface area contributed by atoms with E-state index in [4.69, 9.17) is 5.26 Å². The van der Waals surface area contributed by atoms with Gasteiger partial charge in [0.25, 0.3) is 0 Å². The van der Waals surface area contributed by atoms with E-state index in [2.05, 4.69) is 16.4 Å². The maximum absolute atomic E-state index is 14.1. The lowest BCUT2D eigenvalue weighted by Gasteiger charge is -2.15. The number of nitrogens with zero attached hydrogens (tertiary/aromatic N) is 2. The van der Waals surface area contributed by atoms with Crippen LogP contribution in [-0.4, -0.2) is 11.5 Å². The summed E-state index contributed by atoms with van der Waals surface area (Å²) < 4.78 is 14.1. The van der Waals surface area contributed by atoms with E-state index in [0.29, 0.717) is 28.2 Å². The van der Waals surface area contributed by atoms with Crippen LogP contribution in [0.1, 0.15) is 29.3 Å². The molecule has 4 heteroatoms. The van der Waals surface area contributed by atoms with Gasteiger partial charge >= 0.3 is 0 Å². The van der Waals surface area contributed by atoms with Gasteiger partial charge in [0.2, 0.25) is 0 Å². The van der Waals surface area contributed by atoms with Gasteiger partial charge in [0.05, 0.1) is 17.8 Å². The van der Waals surface area contributed by atoms with Crippen LogP contribution < -0.4 is 5.32 Å². The summed E-state index contributed by atoms with van der Waals surface area (Å²) in [6.07, 6.45) is 0. The van der Waals surface area contributed by atoms with Crippen LogP contribution in [0.25, 0.3) is 0 Å². The van der Waals surface area contributed by atoms with Gasteiger partial charge in [0, 0.05) is 5.56 Å². The highest BCUT2D eigenvalue weighted by atomic mass is 19.1. The Morgan fingerprint density at radius 3 is 2.80 bits per heavy atom. The van der Waals surface area contributed by atoms with E-state index < -0.39 is 5.67 Å². The van der Waals surface area contributed by atoms with E-state index in [1.54, 1.807) is 13.8 Å². The molecule has 1 aliphatic rings. The minimum atomic E-state index is -1.42. The molecule has 0 spiro atoms. The van der Waals surface area contributed by atoms with Crippen LogP contribution in [0.3, 0.4) is 0 Å². The zero-order valence-electron chi connectivity index (χ0n) is 8.98. The summed E-state index contributed by atoms with van der Waals surface area (Å²) in [7, 11) is 0. The Hall–Kier alpha value is -1.63. The summed E-state index contributed by atoms with van der Waals surface area (Å²) in [6.45, 7) is 5.28. The number of fused-ring (bicyclic) bond motifs is 1. The Bertz CT molecular complexity index is 472. The first-order valence-corrected chi connectivity index (χ1v) is 4.82. The molecule has 1 unspecified atom stereocenters. The van der Waals surface area contributed by atoms with Crippen molar-refractivity contribution in [1.82, 2.24) is 4.98 Å². The normalized spacial score (nSPS) is 23.1. The Balaban J connectivity index is 2.77. The second kappa shape index (κ2) is 2.93. The molecule has 2 heterocycles. The number of hydrogen-bond acceptors (Lipinski definition) is 3. The van der Waals surface area contributed by atoms with Crippen molar-refractivity contribution >= 4 is 5.82 Å². The average Bonchev–Trinajstić information content (AvgIpc) is 2.42. The zero-order chi connectivity index (χ0) is 11.2. The highest BCUT2D eigenvalue weighted by Crippen LogP contribution is 2.40. The van der Waals surface area contributed by atoms with Crippen molar-refractivity contribution in [3.05, 3.63) is 22.4 Å². The molecule has 0 aliphatic carbocycles. The predicted molar refractivity (Wildman–Crippen MR) is 55.4 cm³/mol. The van der Waals surface area contributed by atoms with Crippen LogP contribution in [0.4, 0.5) is 10.2 Å². The van der Waals surface area contributed by atoms with Crippen LogP contribution in [0, 0.1) is 25.2 Å². The second-order valence-electron chi connectivity index (χ2n) is 4.08. The van der Waals surface area contributed by atoms with Crippen LogP contribution >= 0.6 is 0 Å². The minimum Gasteiger partial charge on any atom is -0.366 e. The van der Waals surface area contributed by atoms with Crippen LogP contribution in [0.2, 0.25) is 0 Å². The first kappa shape index (κ1) is 9.91. The number of alkyl halides is 1. The van der Waals surface area contributed by atoms with E-state index in [1.807, 2.05) is 0 Å². The molecule has 2 rings (SSSR count). The quantitative estimate of drug-likeness (QED) is 0.706. The summed E-state index contributed by atoms with van der Waals surface area (Å²) >= 11 is 0. The summed E-state index contributed by atoms with van der Waals surface area (Å²) in [5, 5.41) is 11.9. The molecule has 78 valence electrons. The second-order valence-corrected chi connectivity index (χ2v) is 4.08. The lowest BCUT2D eigenvalue weighted by molar-refractivity contribution is 0.220. The average molecular weight is 205 g/mol. The Morgan fingerprint density at radius 2 is 2.20 bits per heavy atom. The van der Waals surface area contributed by atoms with Crippen molar-refractivity contribution < 1.29 is 4.39 Å². The number of hydrogen-bond donors (Lipinski definition) is 1. The maximum atomic E-state index is 14.1. The molecule has 1 aliphatic heterocycles. The largest absolute Gasteiger partial charge is 0.366 e. The highest BCUT2D eigenvalue weighted by molar-refractivity contribution is 5.62. The monoisotopic (exact) mass is 205 g/mol. The molecule has 0 saturated heterocycles. The number of anilines is 1. The number of nitrogens with one attached hydrogen (secondary N) is 1. The number of pyridine rings is 1. The molecular weight excluding hydrogens is 193 g/mol. The predicted octanol–water partition coefficient (Wildman–Crippen LogP) is 2.18. The summed E-state index contributed by atoms with van der Waals surface area (Å²) in [5.74, 6) is 0.578. The molecule has 1 N–H and O–H groups in total. The highest BCUT2D eigenvalue weighted by Gasteiger charge is 2.38. The molecule has 3 nitrogen and oxygen atoms in total. The summed E-state index contributed by atoms with van der Waals surface area (Å²) in [6, 6.07) is 2.07. The maximum Gasteiger partial charge on any atom is 0.154 e. The van der Waals surface area contributed by atoms with Gasteiger partial charge in [0.15, 0.2) is 5.67 Å². The first-order valence-electron chi connectivity index (χ1n) is 4.82. The van der Waals surface area contributed by atoms with Crippen molar-refractivity contribution in [3.63, 3.8) is 0 Å². The molecule has 15 heavy (non-hydrogen) atoms. The van der Waals surface area contributed by atoms with Gasteiger partial charge in [-0.3, -0.25) is 0 Å². The molecule has 0 fully saturated rings. The fraction of sp³-hybridized carbons (Fsp3) is 0.455. The lowest BCUT2D eigenvalue weighted by atomic mass is 9.94. The van der Waals surface area contributed by atoms with Crippen LogP contribution in [0.15, 0.2) is 0 Å². The van der Waals surface area contributed by atoms with E-state index in [-0.39, 0.29) is 6.54 Å². The third-order valence-corrected chi connectivity index (χ3v) is 2.85. The smallest absolute Gasteiger partial charge is 0.154 e. The third kappa shape index (κ3) is 1.27. The van der Waals surface area contributed by atoms with Crippen molar-refractivity contribution in [2.24, 2.45) is 0 Å². The van der Waals surface area contributed by atoms with Gasteiger partial charge in [-0.1, -0.05) is 0 Å². The number of nitriles is 1. The fourth-order valence-electron chi connectivity index (χ4n) is 2.12. The van der Waals surface area contributed by atoms with Gasteiger partial charge in [-0.25, -0.2) is 9.37 Å². The molecule has 1 aromatic rings. The van der Waals surface area contributed by atoms with Gasteiger partial charge in [-0.2, -0.15) is 5.26 Å². The van der Waals surface area contributed by atoms with E-state index >= 15 is 0 Å². The topological polar surface area (TPSA) is 48.7 Å². The molecule has 0 amide bonds. The SMILES string of the molecule is Cc1nc2c(c(C)c1C#N)C(C)(F)CN2. The van der Waals surface area contributed by atoms with Crippen molar-refractivity contribution in [1.29, 1.82) is 5.26 Å². The third-order valence-electron chi connectivity index (χ3n) is 2.85. The van der Waals surface area contributed by atoms with E-state index in [9.17, 15) is 4.39 Å². The molecule has 1 aromatic heterocycles. The van der Waals surface area contributed by atoms with Crippen LogP contribution in [-0.2, 0) is 5.67 Å². The van der Waals surface area contributed by atoms with Gasteiger partial charge in [-0.15, -0.1) is 0 Å².